The number of hydrogen-bond acceptors (Lipinski definition) is 1. The summed E-state index contributed by atoms with van der Waals surface area (Å²) >= 11 is 0. The molecule has 21 heavy (non-hydrogen) atoms. The molecule has 0 spiro atoms. The van der Waals surface area contributed by atoms with Crippen molar-refractivity contribution >= 4 is 16.7 Å². The van der Waals surface area contributed by atoms with Gasteiger partial charge in [0.15, 0.2) is 0 Å². The summed E-state index contributed by atoms with van der Waals surface area (Å²) < 4.78 is 0. The lowest BCUT2D eigenvalue weighted by Gasteiger charge is -2.15. The fourth-order valence-electron chi connectivity index (χ4n) is 2.43. The van der Waals surface area contributed by atoms with E-state index in [-0.39, 0.29) is 11.9 Å². The van der Waals surface area contributed by atoms with Gasteiger partial charge in [0.05, 0.1) is 6.04 Å². The number of carbonyl (C=O) groups excluding carboxylic acids is 1. The van der Waals surface area contributed by atoms with Gasteiger partial charge >= 0.3 is 0 Å². The predicted octanol–water partition coefficient (Wildman–Crippen LogP) is 4.33. The molecule has 0 aliphatic carbocycles. The van der Waals surface area contributed by atoms with Crippen LogP contribution in [0.25, 0.3) is 10.8 Å². The highest BCUT2D eigenvalue weighted by Gasteiger charge is 2.11. The van der Waals surface area contributed by atoms with Gasteiger partial charge in [0.1, 0.15) is 0 Å². The number of benzene rings is 3. The number of fused-ring (bicyclic) bond motifs is 1. The molecule has 0 heterocycles. The highest BCUT2D eigenvalue weighted by atomic mass is 16.1. The third-order valence-electron chi connectivity index (χ3n) is 3.66. The minimum absolute atomic E-state index is 0.0256. The Labute approximate surface area is 124 Å². The first-order chi connectivity index (χ1) is 10.2. The summed E-state index contributed by atoms with van der Waals surface area (Å²) in [7, 11) is 0. The molecule has 1 amide bonds. The van der Waals surface area contributed by atoms with Gasteiger partial charge in [-0.2, -0.15) is 0 Å². The number of nitrogens with one attached hydrogen (secondary N) is 1. The topological polar surface area (TPSA) is 29.1 Å². The molecule has 2 heteroatoms. The molecule has 0 fully saturated rings. The van der Waals surface area contributed by atoms with Crippen LogP contribution in [-0.4, -0.2) is 5.91 Å². The third kappa shape index (κ3) is 2.95. The summed E-state index contributed by atoms with van der Waals surface area (Å²) in [5.41, 5.74) is 1.79. The first-order valence-corrected chi connectivity index (χ1v) is 7.08. The number of carbonyl (C=O) groups is 1. The predicted molar refractivity (Wildman–Crippen MR) is 86.3 cm³/mol. The van der Waals surface area contributed by atoms with E-state index in [1.165, 1.54) is 10.8 Å². The van der Waals surface area contributed by atoms with E-state index in [4.69, 9.17) is 0 Å². The standard InChI is InChI=1S/C19H17NO/c1-14(20-19(21)16-8-3-2-4-9-16)17-12-11-15-7-5-6-10-18(15)13-17/h2-14H,1H3,(H,20,21)/t14-/m0/s1. The van der Waals surface area contributed by atoms with Crippen LogP contribution in [0.3, 0.4) is 0 Å². The van der Waals surface area contributed by atoms with Crippen molar-refractivity contribution in [3.05, 3.63) is 83.9 Å². The second-order valence-corrected chi connectivity index (χ2v) is 5.17. The molecule has 0 bridgehead atoms. The van der Waals surface area contributed by atoms with Crippen LogP contribution < -0.4 is 5.32 Å². The van der Waals surface area contributed by atoms with Crippen molar-refractivity contribution in [3.63, 3.8) is 0 Å². The molecule has 0 aliphatic rings. The van der Waals surface area contributed by atoms with Crippen LogP contribution in [0.15, 0.2) is 72.8 Å². The molecule has 0 aliphatic heterocycles. The SMILES string of the molecule is C[C@H](NC(=O)c1ccccc1)c1ccc2ccccc2c1. The summed E-state index contributed by atoms with van der Waals surface area (Å²) in [6, 6.07) is 23.8. The second kappa shape index (κ2) is 5.80. The van der Waals surface area contributed by atoms with E-state index in [9.17, 15) is 4.79 Å². The number of amides is 1. The van der Waals surface area contributed by atoms with Gasteiger partial charge in [0.25, 0.3) is 5.91 Å². The lowest BCUT2D eigenvalue weighted by molar-refractivity contribution is 0.0940. The normalized spacial score (nSPS) is 12.0. The van der Waals surface area contributed by atoms with Gasteiger partial charge in [-0.25, -0.2) is 0 Å². The molecule has 3 aromatic rings. The van der Waals surface area contributed by atoms with Crippen molar-refractivity contribution in [2.75, 3.05) is 0 Å². The quantitative estimate of drug-likeness (QED) is 0.757. The Morgan fingerprint density at radius 1 is 0.857 bits per heavy atom. The van der Waals surface area contributed by atoms with E-state index in [0.717, 1.165) is 5.56 Å². The number of rotatable bonds is 3. The molecule has 3 rings (SSSR count). The molecule has 0 unspecified atom stereocenters. The largest absolute Gasteiger partial charge is 0.346 e. The average molecular weight is 275 g/mol. The van der Waals surface area contributed by atoms with Gasteiger partial charge in [0.2, 0.25) is 0 Å². The first-order valence-electron chi connectivity index (χ1n) is 7.08. The molecule has 104 valence electrons. The van der Waals surface area contributed by atoms with Gasteiger partial charge in [-0.05, 0) is 41.5 Å². The van der Waals surface area contributed by atoms with Crippen LogP contribution in [0.5, 0.6) is 0 Å². The molecule has 0 saturated carbocycles. The van der Waals surface area contributed by atoms with E-state index in [1.54, 1.807) is 0 Å². The Morgan fingerprint density at radius 3 is 2.29 bits per heavy atom. The molecule has 0 aromatic heterocycles. The van der Waals surface area contributed by atoms with Crippen LogP contribution >= 0.6 is 0 Å². The van der Waals surface area contributed by atoms with Crippen molar-refractivity contribution in [1.82, 2.24) is 5.32 Å². The molecule has 0 radical (unpaired) electrons. The van der Waals surface area contributed by atoms with Gasteiger partial charge in [-0.15, -0.1) is 0 Å². The van der Waals surface area contributed by atoms with Crippen molar-refractivity contribution in [1.29, 1.82) is 0 Å². The third-order valence-corrected chi connectivity index (χ3v) is 3.66. The van der Waals surface area contributed by atoms with Crippen LogP contribution in [0.2, 0.25) is 0 Å². The van der Waals surface area contributed by atoms with Gasteiger partial charge in [0, 0.05) is 5.56 Å². The van der Waals surface area contributed by atoms with Gasteiger partial charge in [-0.3, -0.25) is 4.79 Å². The van der Waals surface area contributed by atoms with Crippen LogP contribution in [0.1, 0.15) is 28.9 Å². The molecule has 1 atom stereocenters. The first kappa shape index (κ1) is 13.4. The summed E-state index contributed by atoms with van der Waals surface area (Å²) in [4.78, 5) is 12.2. The van der Waals surface area contributed by atoms with Crippen molar-refractivity contribution in [2.45, 2.75) is 13.0 Å². The highest BCUT2D eigenvalue weighted by molar-refractivity contribution is 5.94. The maximum Gasteiger partial charge on any atom is 0.251 e. The Bertz CT molecular complexity index is 765. The maximum atomic E-state index is 12.2. The zero-order chi connectivity index (χ0) is 14.7. The Hall–Kier alpha value is -2.61. The van der Waals surface area contributed by atoms with Gasteiger partial charge < -0.3 is 5.32 Å². The summed E-state index contributed by atoms with van der Waals surface area (Å²) in [6.07, 6.45) is 0. The van der Waals surface area contributed by atoms with E-state index < -0.39 is 0 Å². The fourth-order valence-corrected chi connectivity index (χ4v) is 2.43. The summed E-state index contributed by atoms with van der Waals surface area (Å²) in [5, 5.41) is 5.44. The zero-order valence-corrected chi connectivity index (χ0v) is 11.9. The Morgan fingerprint density at radius 2 is 1.52 bits per heavy atom. The fraction of sp³-hybridized carbons (Fsp3) is 0.105. The zero-order valence-electron chi connectivity index (χ0n) is 11.9. The minimum Gasteiger partial charge on any atom is -0.346 e. The monoisotopic (exact) mass is 275 g/mol. The lowest BCUT2D eigenvalue weighted by atomic mass is 10.0. The van der Waals surface area contributed by atoms with Crippen LogP contribution in [0.4, 0.5) is 0 Å². The summed E-state index contributed by atoms with van der Waals surface area (Å²) in [6.45, 7) is 2.00. The Balaban J connectivity index is 1.80. The molecule has 0 saturated heterocycles. The highest BCUT2D eigenvalue weighted by Crippen LogP contribution is 2.20. The average Bonchev–Trinajstić information content (AvgIpc) is 2.55. The second-order valence-electron chi connectivity index (χ2n) is 5.17. The van der Waals surface area contributed by atoms with Crippen LogP contribution in [0, 0.1) is 0 Å². The van der Waals surface area contributed by atoms with Crippen molar-refractivity contribution < 1.29 is 4.79 Å². The number of hydrogen-bond donors (Lipinski definition) is 1. The van der Waals surface area contributed by atoms with Crippen LogP contribution in [-0.2, 0) is 0 Å². The van der Waals surface area contributed by atoms with E-state index in [1.807, 2.05) is 49.4 Å². The van der Waals surface area contributed by atoms with Crippen molar-refractivity contribution in [2.24, 2.45) is 0 Å². The van der Waals surface area contributed by atoms with Crippen molar-refractivity contribution in [3.8, 4) is 0 Å². The molecular weight excluding hydrogens is 258 g/mol. The van der Waals surface area contributed by atoms with Gasteiger partial charge in [-0.1, -0.05) is 54.6 Å². The molecule has 1 N–H and O–H groups in total. The molecular formula is C19H17NO. The van der Waals surface area contributed by atoms with E-state index in [0.29, 0.717) is 5.56 Å². The Kier molecular flexibility index (Phi) is 3.69. The lowest BCUT2D eigenvalue weighted by Crippen LogP contribution is -2.26. The molecule has 3 aromatic carbocycles. The molecule has 2 nitrogen and oxygen atoms in total. The van der Waals surface area contributed by atoms with E-state index in [2.05, 4.69) is 35.6 Å². The van der Waals surface area contributed by atoms with E-state index >= 15 is 0 Å². The minimum atomic E-state index is -0.0451. The maximum absolute atomic E-state index is 12.2. The summed E-state index contributed by atoms with van der Waals surface area (Å²) in [5.74, 6) is -0.0451. The smallest absolute Gasteiger partial charge is 0.251 e.